The topological polar surface area (TPSA) is 62.2 Å². The predicted molar refractivity (Wildman–Crippen MR) is 55.7 cm³/mol. The van der Waals surface area contributed by atoms with Gasteiger partial charge >= 0.3 is 0 Å². The number of hydroxylamine groups is 1. The fraction of sp³-hybridized carbons (Fsp3) is 0.0909. The van der Waals surface area contributed by atoms with Gasteiger partial charge in [0.25, 0.3) is 5.91 Å². The van der Waals surface area contributed by atoms with Crippen molar-refractivity contribution in [2.45, 2.75) is 6.92 Å². The van der Waals surface area contributed by atoms with Crippen LogP contribution in [0.4, 0.5) is 4.39 Å². The van der Waals surface area contributed by atoms with Gasteiger partial charge in [-0.25, -0.2) is 9.87 Å². The lowest BCUT2D eigenvalue weighted by molar-refractivity contribution is 0.0707. The Morgan fingerprint density at radius 1 is 1.50 bits per heavy atom. The molecule has 16 heavy (non-hydrogen) atoms. The lowest BCUT2D eigenvalue weighted by atomic mass is 10.1. The Hall–Kier alpha value is -2.01. The molecule has 0 spiro atoms. The number of pyridine rings is 1. The zero-order valence-electron chi connectivity index (χ0n) is 8.49. The van der Waals surface area contributed by atoms with Crippen LogP contribution in [0.2, 0.25) is 0 Å². The lowest BCUT2D eigenvalue weighted by Gasteiger charge is -2.06. The van der Waals surface area contributed by atoms with E-state index in [2.05, 4.69) is 4.98 Å². The first-order valence-corrected chi connectivity index (χ1v) is 4.63. The summed E-state index contributed by atoms with van der Waals surface area (Å²) in [6, 6.07) is 4.08. The molecule has 2 N–H and O–H groups in total. The highest BCUT2D eigenvalue weighted by atomic mass is 19.1. The number of carbonyl (C=O) groups is 1. The van der Waals surface area contributed by atoms with Crippen molar-refractivity contribution in [1.82, 2.24) is 10.5 Å². The number of fused-ring (bicyclic) bond motifs is 1. The van der Waals surface area contributed by atoms with Crippen LogP contribution in [0.15, 0.2) is 24.4 Å². The number of carbonyl (C=O) groups excluding carboxylic acids is 1. The monoisotopic (exact) mass is 220 g/mol. The molecule has 2 aromatic rings. The SMILES string of the molecule is Cc1ccnc2c(C(=O)NO)cc(F)cc12. The van der Waals surface area contributed by atoms with Crippen molar-refractivity contribution in [2.24, 2.45) is 0 Å². The van der Waals surface area contributed by atoms with Crippen LogP contribution in [-0.4, -0.2) is 16.1 Å². The highest BCUT2D eigenvalue weighted by Gasteiger charge is 2.13. The summed E-state index contributed by atoms with van der Waals surface area (Å²) in [5.41, 5.74) is 2.67. The summed E-state index contributed by atoms with van der Waals surface area (Å²) in [5, 5.41) is 9.11. The van der Waals surface area contributed by atoms with Gasteiger partial charge in [0.1, 0.15) is 5.82 Å². The van der Waals surface area contributed by atoms with Crippen molar-refractivity contribution in [2.75, 3.05) is 0 Å². The number of benzene rings is 1. The van der Waals surface area contributed by atoms with Crippen molar-refractivity contribution in [1.29, 1.82) is 0 Å². The number of halogens is 1. The van der Waals surface area contributed by atoms with E-state index in [1.54, 1.807) is 13.0 Å². The molecule has 2 rings (SSSR count). The van der Waals surface area contributed by atoms with Crippen LogP contribution in [0.1, 0.15) is 15.9 Å². The molecule has 0 fully saturated rings. The third-order valence-corrected chi connectivity index (χ3v) is 2.37. The van der Waals surface area contributed by atoms with Crippen LogP contribution in [-0.2, 0) is 0 Å². The van der Waals surface area contributed by atoms with Crippen molar-refractivity contribution in [3.8, 4) is 0 Å². The van der Waals surface area contributed by atoms with E-state index in [0.717, 1.165) is 11.6 Å². The van der Waals surface area contributed by atoms with Gasteiger partial charge in [0.05, 0.1) is 11.1 Å². The van der Waals surface area contributed by atoms with Gasteiger partial charge in [-0.05, 0) is 30.7 Å². The van der Waals surface area contributed by atoms with E-state index in [0.29, 0.717) is 10.9 Å². The minimum Gasteiger partial charge on any atom is -0.288 e. The molecule has 4 nitrogen and oxygen atoms in total. The first kappa shape index (κ1) is 10.5. The van der Waals surface area contributed by atoms with Gasteiger partial charge in [-0.3, -0.25) is 15.0 Å². The van der Waals surface area contributed by atoms with E-state index < -0.39 is 11.7 Å². The van der Waals surface area contributed by atoms with Gasteiger partial charge in [-0.1, -0.05) is 0 Å². The Morgan fingerprint density at radius 2 is 2.25 bits per heavy atom. The highest BCUT2D eigenvalue weighted by Crippen LogP contribution is 2.21. The van der Waals surface area contributed by atoms with Gasteiger partial charge in [0.15, 0.2) is 0 Å². The van der Waals surface area contributed by atoms with Crippen LogP contribution < -0.4 is 5.48 Å². The molecule has 0 radical (unpaired) electrons. The average Bonchev–Trinajstić information content (AvgIpc) is 2.28. The van der Waals surface area contributed by atoms with E-state index in [1.807, 2.05) is 0 Å². The number of hydrogen-bond donors (Lipinski definition) is 2. The molecule has 1 aromatic carbocycles. The molecule has 0 saturated carbocycles. The zero-order valence-corrected chi connectivity index (χ0v) is 8.49. The molecular weight excluding hydrogens is 211 g/mol. The smallest absolute Gasteiger partial charge is 0.276 e. The largest absolute Gasteiger partial charge is 0.288 e. The van der Waals surface area contributed by atoms with Gasteiger partial charge in [0, 0.05) is 11.6 Å². The molecule has 5 heteroatoms. The quantitative estimate of drug-likeness (QED) is 0.569. The minimum atomic E-state index is -0.775. The Bertz CT molecular complexity index is 569. The Morgan fingerprint density at radius 3 is 2.94 bits per heavy atom. The number of aryl methyl sites for hydroxylation is 1. The number of nitrogens with zero attached hydrogens (tertiary/aromatic N) is 1. The van der Waals surface area contributed by atoms with Crippen molar-refractivity contribution in [3.05, 3.63) is 41.3 Å². The molecule has 0 unspecified atom stereocenters. The van der Waals surface area contributed by atoms with Gasteiger partial charge < -0.3 is 0 Å². The normalized spacial score (nSPS) is 10.4. The average molecular weight is 220 g/mol. The van der Waals surface area contributed by atoms with E-state index >= 15 is 0 Å². The summed E-state index contributed by atoms with van der Waals surface area (Å²) in [6.07, 6.45) is 1.53. The molecular formula is C11H9FN2O2. The molecule has 0 aliphatic carbocycles. The molecule has 0 aliphatic heterocycles. The maximum absolute atomic E-state index is 13.3. The molecule has 1 aromatic heterocycles. The lowest BCUT2D eigenvalue weighted by Crippen LogP contribution is -2.19. The summed E-state index contributed by atoms with van der Waals surface area (Å²) in [7, 11) is 0. The second kappa shape index (κ2) is 3.86. The first-order chi connectivity index (χ1) is 7.63. The third kappa shape index (κ3) is 1.61. The van der Waals surface area contributed by atoms with E-state index in [-0.39, 0.29) is 5.56 Å². The number of hydrogen-bond acceptors (Lipinski definition) is 3. The number of rotatable bonds is 1. The number of nitrogens with one attached hydrogen (secondary N) is 1. The highest BCUT2D eigenvalue weighted by molar-refractivity contribution is 6.05. The van der Waals surface area contributed by atoms with Crippen LogP contribution >= 0.6 is 0 Å². The summed E-state index contributed by atoms with van der Waals surface area (Å²) < 4.78 is 13.3. The molecule has 0 bridgehead atoms. The standard InChI is InChI=1S/C11H9FN2O2/c1-6-2-3-13-10-8(6)4-7(12)5-9(10)11(15)14-16/h2-5,16H,1H3,(H,14,15). The maximum atomic E-state index is 13.3. The van der Waals surface area contributed by atoms with Gasteiger partial charge in [-0.2, -0.15) is 0 Å². The molecule has 82 valence electrons. The van der Waals surface area contributed by atoms with Gasteiger partial charge in [-0.15, -0.1) is 0 Å². The van der Waals surface area contributed by atoms with Gasteiger partial charge in [0.2, 0.25) is 0 Å². The summed E-state index contributed by atoms with van der Waals surface area (Å²) >= 11 is 0. The Kier molecular flexibility index (Phi) is 2.54. The molecule has 0 saturated heterocycles. The second-order valence-corrected chi connectivity index (χ2v) is 3.42. The Labute approximate surface area is 90.7 Å². The fourth-order valence-electron chi connectivity index (χ4n) is 1.59. The van der Waals surface area contributed by atoms with E-state index in [9.17, 15) is 9.18 Å². The minimum absolute atomic E-state index is 0.0150. The van der Waals surface area contributed by atoms with Crippen molar-refractivity contribution in [3.63, 3.8) is 0 Å². The summed E-state index contributed by atoms with van der Waals surface area (Å²) in [4.78, 5) is 15.3. The van der Waals surface area contributed by atoms with E-state index in [1.165, 1.54) is 17.7 Å². The third-order valence-electron chi connectivity index (χ3n) is 2.37. The molecule has 0 aliphatic rings. The molecule has 0 atom stereocenters. The number of amides is 1. The van der Waals surface area contributed by atoms with Crippen LogP contribution in [0.5, 0.6) is 0 Å². The van der Waals surface area contributed by atoms with Crippen molar-refractivity contribution < 1.29 is 14.4 Å². The zero-order chi connectivity index (χ0) is 11.7. The first-order valence-electron chi connectivity index (χ1n) is 4.63. The summed E-state index contributed by atoms with van der Waals surface area (Å²) in [6.45, 7) is 1.80. The summed E-state index contributed by atoms with van der Waals surface area (Å²) in [5.74, 6) is -1.32. The molecule has 1 heterocycles. The second-order valence-electron chi connectivity index (χ2n) is 3.42. The van der Waals surface area contributed by atoms with Crippen molar-refractivity contribution >= 4 is 16.8 Å². The molecule has 1 amide bonds. The Balaban J connectivity index is 2.83. The van der Waals surface area contributed by atoms with Crippen LogP contribution in [0.3, 0.4) is 0 Å². The number of aromatic nitrogens is 1. The van der Waals surface area contributed by atoms with E-state index in [4.69, 9.17) is 5.21 Å². The van der Waals surface area contributed by atoms with Crippen LogP contribution in [0.25, 0.3) is 10.9 Å². The van der Waals surface area contributed by atoms with Crippen LogP contribution in [0, 0.1) is 12.7 Å². The fourth-order valence-corrected chi connectivity index (χ4v) is 1.59. The maximum Gasteiger partial charge on any atom is 0.276 e. The predicted octanol–water partition coefficient (Wildman–Crippen LogP) is 1.80.